The third-order valence-electron chi connectivity index (χ3n) is 2.77. The van der Waals surface area contributed by atoms with Gasteiger partial charge in [0.05, 0.1) is 6.10 Å². The second-order valence-electron chi connectivity index (χ2n) is 4.49. The maximum atomic E-state index is 10.7. The fourth-order valence-electron chi connectivity index (χ4n) is 1.83. The summed E-state index contributed by atoms with van der Waals surface area (Å²) in [5, 5.41) is 0. The number of rotatable bonds is 11. The number of hydrogen-bond donors (Lipinski definition) is 1. The first-order chi connectivity index (χ1) is 7.99. The molecular weight excluding hydrogens is 240 g/mol. The molecule has 0 heterocycles. The molecule has 0 fully saturated rings. The maximum Gasteiger partial charge on any atom is 0.397 e. The zero-order valence-electron chi connectivity index (χ0n) is 11.0. The van der Waals surface area contributed by atoms with E-state index in [2.05, 4.69) is 13.8 Å². The van der Waals surface area contributed by atoms with Gasteiger partial charge >= 0.3 is 10.4 Å². The minimum atomic E-state index is -4.30. The van der Waals surface area contributed by atoms with E-state index in [-0.39, 0.29) is 6.10 Å². The molecule has 0 amide bonds. The summed E-state index contributed by atoms with van der Waals surface area (Å²) in [5.41, 5.74) is 0. The minimum absolute atomic E-state index is 0.353. The van der Waals surface area contributed by atoms with Crippen molar-refractivity contribution in [2.24, 2.45) is 0 Å². The van der Waals surface area contributed by atoms with E-state index in [0.29, 0.717) is 12.8 Å². The Labute approximate surface area is 106 Å². The van der Waals surface area contributed by atoms with Crippen LogP contribution in [0.3, 0.4) is 0 Å². The Hall–Kier alpha value is -0.130. The molecule has 0 aliphatic rings. The van der Waals surface area contributed by atoms with Crippen molar-refractivity contribution in [3.63, 3.8) is 0 Å². The van der Waals surface area contributed by atoms with Crippen molar-refractivity contribution in [3.05, 3.63) is 0 Å². The van der Waals surface area contributed by atoms with Crippen LogP contribution in [0.5, 0.6) is 0 Å². The van der Waals surface area contributed by atoms with Crippen molar-refractivity contribution in [1.29, 1.82) is 0 Å². The van der Waals surface area contributed by atoms with Gasteiger partial charge in [-0.05, 0) is 12.8 Å². The molecule has 0 rings (SSSR count). The molecule has 0 aromatic rings. The highest BCUT2D eigenvalue weighted by Crippen LogP contribution is 2.16. The van der Waals surface area contributed by atoms with Gasteiger partial charge in [0, 0.05) is 0 Å². The van der Waals surface area contributed by atoms with E-state index >= 15 is 0 Å². The summed E-state index contributed by atoms with van der Waals surface area (Å²) in [7, 11) is -4.30. The van der Waals surface area contributed by atoms with Crippen LogP contribution in [0.4, 0.5) is 0 Å². The van der Waals surface area contributed by atoms with Gasteiger partial charge in [0.15, 0.2) is 0 Å². The third-order valence-corrected chi connectivity index (χ3v) is 3.28. The van der Waals surface area contributed by atoms with E-state index in [0.717, 1.165) is 44.9 Å². The minimum Gasteiger partial charge on any atom is -0.264 e. The molecule has 17 heavy (non-hydrogen) atoms. The first-order valence-electron chi connectivity index (χ1n) is 6.65. The molecule has 4 nitrogen and oxygen atoms in total. The number of hydrogen-bond acceptors (Lipinski definition) is 3. The Kier molecular flexibility index (Phi) is 9.78. The standard InChI is InChI=1S/C12H26O4S/c1-3-5-7-9-11-12(10-8-6-4-2)16-17(13,14)15/h12H,3-11H2,1-2H3,(H,13,14,15). The Morgan fingerprint density at radius 3 is 1.88 bits per heavy atom. The first kappa shape index (κ1) is 16.9. The van der Waals surface area contributed by atoms with Crippen LogP contribution in [0.2, 0.25) is 0 Å². The monoisotopic (exact) mass is 266 g/mol. The molecular formula is C12H26O4S. The van der Waals surface area contributed by atoms with Crippen LogP contribution in [-0.2, 0) is 14.6 Å². The summed E-state index contributed by atoms with van der Waals surface area (Å²) in [6.45, 7) is 4.23. The molecule has 0 aliphatic heterocycles. The zero-order chi connectivity index (χ0) is 13.1. The van der Waals surface area contributed by atoms with Gasteiger partial charge in [0.25, 0.3) is 0 Å². The molecule has 0 radical (unpaired) electrons. The lowest BCUT2D eigenvalue weighted by Crippen LogP contribution is -2.18. The van der Waals surface area contributed by atoms with E-state index in [1.54, 1.807) is 0 Å². The van der Waals surface area contributed by atoms with E-state index in [1.165, 1.54) is 0 Å². The van der Waals surface area contributed by atoms with E-state index in [1.807, 2.05) is 0 Å². The molecule has 104 valence electrons. The van der Waals surface area contributed by atoms with Gasteiger partial charge in [0.1, 0.15) is 0 Å². The van der Waals surface area contributed by atoms with Crippen LogP contribution in [0.15, 0.2) is 0 Å². The van der Waals surface area contributed by atoms with Gasteiger partial charge in [-0.15, -0.1) is 0 Å². The first-order valence-corrected chi connectivity index (χ1v) is 8.01. The molecule has 0 aliphatic carbocycles. The summed E-state index contributed by atoms with van der Waals surface area (Å²) in [6.07, 6.45) is 8.54. The molecule has 0 aromatic carbocycles. The van der Waals surface area contributed by atoms with Crippen LogP contribution < -0.4 is 0 Å². The summed E-state index contributed by atoms with van der Waals surface area (Å²) in [5.74, 6) is 0. The molecule has 0 bridgehead atoms. The molecule has 0 saturated carbocycles. The predicted molar refractivity (Wildman–Crippen MR) is 69.3 cm³/mol. The van der Waals surface area contributed by atoms with Crippen molar-refractivity contribution < 1.29 is 17.2 Å². The van der Waals surface area contributed by atoms with Crippen molar-refractivity contribution in [2.45, 2.75) is 77.7 Å². The smallest absolute Gasteiger partial charge is 0.264 e. The number of unbranched alkanes of at least 4 members (excludes halogenated alkanes) is 5. The average Bonchev–Trinajstić information content (AvgIpc) is 2.22. The molecule has 5 heteroatoms. The molecule has 1 unspecified atom stereocenters. The second-order valence-corrected chi connectivity index (χ2v) is 5.54. The summed E-state index contributed by atoms with van der Waals surface area (Å²) in [6, 6.07) is 0. The van der Waals surface area contributed by atoms with Crippen LogP contribution in [0.25, 0.3) is 0 Å². The largest absolute Gasteiger partial charge is 0.397 e. The van der Waals surface area contributed by atoms with Crippen molar-refractivity contribution in [1.82, 2.24) is 0 Å². The lowest BCUT2D eigenvalue weighted by atomic mass is 10.0. The van der Waals surface area contributed by atoms with Crippen molar-refractivity contribution in [2.75, 3.05) is 0 Å². The van der Waals surface area contributed by atoms with Crippen LogP contribution >= 0.6 is 0 Å². The molecule has 0 spiro atoms. The van der Waals surface area contributed by atoms with Crippen molar-refractivity contribution in [3.8, 4) is 0 Å². The van der Waals surface area contributed by atoms with Gasteiger partial charge in [0.2, 0.25) is 0 Å². The highest BCUT2D eigenvalue weighted by atomic mass is 32.3. The summed E-state index contributed by atoms with van der Waals surface area (Å²) in [4.78, 5) is 0. The normalized spacial score (nSPS) is 13.8. The molecule has 1 N–H and O–H groups in total. The van der Waals surface area contributed by atoms with E-state index in [4.69, 9.17) is 8.74 Å². The topological polar surface area (TPSA) is 63.6 Å². The summed E-state index contributed by atoms with van der Waals surface area (Å²) < 4.78 is 34.8. The van der Waals surface area contributed by atoms with E-state index < -0.39 is 10.4 Å². The maximum absolute atomic E-state index is 10.7. The Morgan fingerprint density at radius 1 is 0.941 bits per heavy atom. The quantitative estimate of drug-likeness (QED) is 0.457. The fraction of sp³-hybridized carbons (Fsp3) is 1.00. The van der Waals surface area contributed by atoms with Gasteiger partial charge in [-0.25, -0.2) is 4.18 Å². The SMILES string of the molecule is CCCCCCC(CCCCC)OS(=O)(=O)O. The zero-order valence-corrected chi connectivity index (χ0v) is 11.8. The third kappa shape index (κ3) is 12.1. The van der Waals surface area contributed by atoms with Gasteiger partial charge in [-0.2, -0.15) is 8.42 Å². The Bertz CT molecular complexity index is 262. The average molecular weight is 266 g/mol. The van der Waals surface area contributed by atoms with Crippen LogP contribution in [0.1, 0.15) is 71.6 Å². The van der Waals surface area contributed by atoms with E-state index in [9.17, 15) is 8.42 Å². The van der Waals surface area contributed by atoms with Gasteiger partial charge in [-0.1, -0.05) is 58.8 Å². The fourth-order valence-corrected chi connectivity index (χ4v) is 2.37. The second kappa shape index (κ2) is 9.85. The molecule has 1 atom stereocenters. The van der Waals surface area contributed by atoms with Gasteiger partial charge in [-0.3, -0.25) is 4.55 Å². The van der Waals surface area contributed by atoms with Gasteiger partial charge < -0.3 is 0 Å². The lowest BCUT2D eigenvalue weighted by molar-refractivity contribution is 0.157. The van der Waals surface area contributed by atoms with Crippen molar-refractivity contribution >= 4 is 10.4 Å². The predicted octanol–water partition coefficient (Wildman–Crippen LogP) is 3.73. The lowest BCUT2D eigenvalue weighted by Gasteiger charge is -2.15. The highest BCUT2D eigenvalue weighted by molar-refractivity contribution is 7.80. The van der Waals surface area contributed by atoms with Crippen LogP contribution in [0, 0.1) is 0 Å². The highest BCUT2D eigenvalue weighted by Gasteiger charge is 2.16. The van der Waals surface area contributed by atoms with Crippen LogP contribution in [-0.4, -0.2) is 19.1 Å². The molecule has 0 saturated heterocycles. The Balaban J connectivity index is 3.93. The molecule has 0 aromatic heterocycles. The summed E-state index contributed by atoms with van der Waals surface area (Å²) >= 11 is 0. The Morgan fingerprint density at radius 2 is 1.41 bits per heavy atom.